The fourth-order valence-corrected chi connectivity index (χ4v) is 4.48. The quantitative estimate of drug-likeness (QED) is 0.536. The van der Waals surface area contributed by atoms with Crippen molar-refractivity contribution >= 4 is 33.4 Å². The molecule has 1 unspecified atom stereocenters. The van der Waals surface area contributed by atoms with Crippen molar-refractivity contribution in [2.45, 2.75) is 36.1 Å². The van der Waals surface area contributed by atoms with Gasteiger partial charge in [0, 0.05) is 19.3 Å². The lowest BCUT2D eigenvalue weighted by molar-refractivity contribution is -0.139. The Kier molecular flexibility index (Phi) is 5.83. The lowest BCUT2D eigenvalue weighted by Crippen LogP contribution is -2.30. The number of pyridine rings is 1. The smallest absolute Gasteiger partial charge is 0.318 e. The first-order valence-corrected chi connectivity index (χ1v) is 9.76. The molecule has 2 heterocycles. The molecule has 0 radical (unpaired) electrons. The topological polar surface area (TPSA) is 93.9 Å². The van der Waals surface area contributed by atoms with Crippen molar-refractivity contribution in [2.24, 2.45) is 0 Å². The second kappa shape index (κ2) is 7.49. The van der Waals surface area contributed by atoms with E-state index in [1.165, 1.54) is 23.7 Å². The summed E-state index contributed by atoms with van der Waals surface area (Å²) in [6, 6.07) is 3.10. The normalized spacial score (nSPS) is 13.4. The lowest BCUT2D eigenvalue weighted by Gasteiger charge is -2.18. The number of carbonyl (C=O) groups is 1. The molecule has 132 valence electrons. The van der Waals surface area contributed by atoms with E-state index in [9.17, 15) is 13.2 Å². The third-order valence-corrected chi connectivity index (χ3v) is 6.57. The maximum atomic E-state index is 12.6. The minimum Gasteiger partial charge on any atom is -0.468 e. The van der Waals surface area contributed by atoms with E-state index in [1.54, 1.807) is 31.2 Å². The van der Waals surface area contributed by atoms with E-state index < -0.39 is 15.3 Å². The van der Waals surface area contributed by atoms with Gasteiger partial charge in [-0.1, -0.05) is 25.6 Å². The second-order valence-electron chi connectivity index (χ2n) is 4.95. The molecule has 0 fully saturated rings. The minimum atomic E-state index is -3.58. The van der Waals surface area contributed by atoms with Crippen LogP contribution in [0.4, 0.5) is 0 Å². The summed E-state index contributed by atoms with van der Waals surface area (Å²) < 4.78 is 32.9. The van der Waals surface area contributed by atoms with Crippen LogP contribution < -0.4 is 0 Å². The molecule has 0 bridgehead atoms. The Hall–Kier alpha value is -1.65. The Morgan fingerprint density at radius 2 is 2.00 bits per heavy atom. The van der Waals surface area contributed by atoms with Crippen molar-refractivity contribution in [3.8, 4) is 0 Å². The van der Waals surface area contributed by atoms with Gasteiger partial charge in [0.1, 0.15) is 5.25 Å². The van der Waals surface area contributed by atoms with Crippen LogP contribution in [0.3, 0.4) is 0 Å². The Morgan fingerprint density at radius 3 is 2.58 bits per heavy atom. The predicted molar refractivity (Wildman–Crippen MR) is 90.4 cm³/mol. The van der Waals surface area contributed by atoms with E-state index in [-0.39, 0.29) is 10.9 Å². The van der Waals surface area contributed by atoms with Crippen molar-refractivity contribution in [2.75, 3.05) is 20.2 Å². The molecular formula is C14H20N4O4S2. The van der Waals surface area contributed by atoms with Gasteiger partial charge in [-0.2, -0.15) is 4.31 Å². The number of aromatic nitrogens is 3. The fourth-order valence-electron chi connectivity index (χ4n) is 2.17. The van der Waals surface area contributed by atoms with Crippen LogP contribution in [-0.4, -0.2) is 58.7 Å². The molecule has 0 saturated heterocycles. The van der Waals surface area contributed by atoms with Crippen molar-refractivity contribution in [3.05, 3.63) is 18.3 Å². The zero-order valence-electron chi connectivity index (χ0n) is 14.0. The highest BCUT2D eigenvalue weighted by molar-refractivity contribution is 8.00. The molecule has 2 aromatic rings. The summed E-state index contributed by atoms with van der Waals surface area (Å²) in [4.78, 5) is 11.7. The molecule has 0 aliphatic heterocycles. The summed E-state index contributed by atoms with van der Waals surface area (Å²) in [5.41, 5.74) is 0.507. The molecule has 0 amide bonds. The largest absolute Gasteiger partial charge is 0.468 e. The zero-order valence-corrected chi connectivity index (χ0v) is 15.6. The molecule has 2 rings (SSSR count). The average Bonchev–Trinajstić information content (AvgIpc) is 2.97. The first-order chi connectivity index (χ1) is 11.3. The first-order valence-electron chi connectivity index (χ1n) is 7.44. The maximum Gasteiger partial charge on any atom is 0.318 e. The van der Waals surface area contributed by atoms with Gasteiger partial charge in [-0.25, -0.2) is 8.42 Å². The van der Waals surface area contributed by atoms with E-state index in [0.717, 1.165) is 11.8 Å². The highest BCUT2D eigenvalue weighted by Gasteiger charge is 2.24. The SMILES string of the molecule is CCN(CC)S(=O)(=O)c1ccc2nnc(SC(C)C(=O)OC)n2c1. The molecule has 24 heavy (non-hydrogen) atoms. The number of nitrogens with zero attached hydrogens (tertiary/aromatic N) is 4. The zero-order chi connectivity index (χ0) is 17.9. The molecule has 0 aromatic carbocycles. The van der Waals surface area contributed by atoms with E-state index in [0.29, 0.717) is 23.9 Å². The summed E-state index contributed by atoms with van der Waals surface area (Å²) in [6.07, 6.45) is 1.48. The number of esters is 1. The monoisotopic (exact) mass is 372 g/mol. The number of thioether (sulfide) groups is 1. The summed E-state index contributed by atoms with van der Waals surface area (Å²) in [5, 5.41) is 7.97. The Labute approximate surface area is 145 Å². The van der Waals surface area contributed by atoms with Crippen LogP contribution in [0, 0.1) is 0 Å². The summed E-state index contributed by atoms with van der Waals surface area (Å²) in [6.45, 7) is 6.05. The van der Waals surface area contributed by atoms with Gasteiger partial charge >= 0.3 is 5.97 Å². The molecule has 0 spiro atoms. The Bertz CT molecular complexity index is 830. The fraction of sp³-hybridized carbons (Fsp3) is 0.500. The summed E-state index contributed by atoms with van der Waals surface area (Å²) in [7, 11) is -2.27. The van der Waals surface area contributed by atoms with Crippen LogP contribution in [0.15, 0.2) is 28.4 Å². The lowest BCUT2D eigenvalue weighted by atomic mass is 10.5. The van der Waals surface area contributed by atoms with E-state index in [4.69, 9.17) is 4.74 Å². The van der Waals surface area contributed by atoms with Gasteiger partial charge in [0.05, 0.1) is 12.0 Å². The van der Waals surface area contributed by atoms with E-state index in [1.807, 2.05) is 0 Å². The van der Waals surface area contributed by atoms with Crippen LogP contribution in [0.1, 0.15) is 20.8 Å². The number of hydrogen-bond donors (Lipinski definition) is 0. The van der Waals surface area contributed by atoms with Gasteiger partial charge in [-0.3, -0.25) is 9.20 Å². The number of carbonyl (C=O) groups excluding carboxylic acids is 1. The van der Waals surface area contributed by atoms with Gasteiger partial charge in [-0.05, 0) is 19.1 Å². The van der Waals surface area contributed by atoms with Gasteiger partial charge in [0.25, 0.3) is 0 Å². The third kappa shape index (κ3) is 3.55. The van der Waals surface area contributed by atoms with Crippen LogP contribution in [0.2, 0.25) is 0 Å². The van der Waals surface area contributed by atoms with Gasteiger partial charge in [0.2, 0.25) is 10.0 Å². The average molecular weight is 372 g/mol. The predicted octanol–water partition coefficient (Wildman–Crippen LogP) is 1.41. The van der Waals surface area contributed by atoms with Crippen LogP contribution in [-0.2, 0) is 19.6 Å². The summed E-state index contributed by atoms with van der Waals surface area (Å²) >= 11 is 1.16. The number of sulfonamides is 1. The number of rotatable bonds is 7. The van der Waals surface area contributed by atoms with Crippen molar-refractivity contribution in [1.29, 1.82) is 0 Å². The number of methoxy groups -OCH3 is 1. The molecule has 0 saturated carbocycles. The van der Waals surface area contributed by atoms with Crippen molar-refractivity contribution in [3.63, 3.8) is 0 Å². The number of fused-ring (bicyclic) bond motifs is 1. The van der Waals surface area contributed by atoms with E-state index >= 15 is 0 Å². The molecule has 8 nitrogen and oxygen atoms in total. The van der Waals surface area contributed by atoms with E-state index in [2.05, 4.69) is 10.2 Å². The Morgan fingerprint density at radius 1 is 1.33 bits per heavy atom. The van der Waals surface area contributed by atoms with Crippen LogP contribution >= 0.6 is 11.8 Å². The van der Waals surface area contributed by atoms with Crippen molar-refractivity contribution < 1.29 is 17.9 Å². The third-order valence-electron chi connectivity index (χ3n) is 3.50. The first kappa shape index (κ1) is 18.7. The molecular weight excluding hydrogens is 352 g/mol. The van der Waals surface area contributed by atoms with Crippen LogP contribution in [0.25, 0.3) is 5.65 Å². The minimum absolute atomic E-state index is 0.158. The second-order valence-corrected chi connectivity index (χ2v) is 8.19. The molecule has 0 aliphatic rings. The van der Waals surface area contributed by atoms with Crippen LogP contribution in [0.5, 0.6) is 0 Å². The molecule has 1 atom stereocenters. The molecule has 10 heteroatoms. The van der Waals surface area contributed by atoms with Gasteiger partial charge < -0.3 is 4.74 Å². The highest BCUT2D eigenvalue weighted by Crippen LogP contribution is 2.24. The van der Waals surface area contributed by atoms with Gasteiger partial charge in [-0.15, -0.1) is 10.2 Å². The number of ether oxygens (including phenoxy) is 1. The molecule has 2 aromatic heterocycles. The summed E-state index contributed by atoms with van der Waals surface area (Å²) in [5.74, 6) is -0.385. The van der Waals surface area contributed by atoms with Gasteiger partial charge in [0.15, 0.2) is 10.8 Å². The number of hydrogen-bond acceptors (Lipinski definition) is 7. The maximum absolute atomic E-state index is 12.6. The molecule has 0 aliphatic carbocycles. The molecule has 0 N–H and O–H groups in total. The standard InChI is InChI=1S/C14H20N4O4S2/c1-5-17(6-2)24(20,21)11-7-8-12-15-16-14(18(12)9-11)23-10(3)13(19)22-4/h7-10H,5-6H2,1-4H3. The Balaban J connectivity index is 2.43. The highest BCUT2D eigenvalue weighted by atomic mass is 32.2. The van der Waals surface area contributed by atoms with Crippen molar-refractivity contribution in [1.82, 2.24) is 18.9 Å².